The summed E-state index contributed by atoms with van der Waals surface area (Å²) >= 11 is 0. The van der Waals surface area contributed by atoms with Crippen LogP contribution in [0.15, 0.2) is 36.5 Å². The van der Waals surface area contributed by atoms with E-state index in [2.05, 4.69) is 16.8 Å². The summed E-state index contributed by atoms with van der Waals surface area (Å²) in [6.07, 6.45) is 2.25. The van der Waals surface area contributed by atoms with Gasteiger partial charge in [0, 0.05) is 32.4 Å². The molecule has 0 aliphatic carbocycles. The second-order valence-corrected chi connectivity index (χ2v) is 6.41. The third-order valence-corrected chi connectivity index (χ3v) is 5.02. The maximum absolute atomic E-state index is 12.7. The summed E-state index contributed by atoms with van der Waals surface area (Å²) in [5.41, 5.74) is 3.32. The summed E-state index contributed by atoms with van der Waals surface area (Å²) in [6.45, 7) is 7.22. The van der Waals surface area contributed by atoms with E-state index in [-0.39, 0.29) is 5.91 Å². The van der Waals surface area contributed by atoms with Crippen LogP contribution in [0.3, 0.4) is 0 Å². The Morgan fingerprint density at radius 3 is 2.48 bits per heavy atom. The van der Waals surface area contributed by atoms with Crippen molar-refractivity contribution in [2.75, 3.05) is 38.2 Å². The molecule has 132 valence electrons. The molecule has 0 atom stereocenters. The number of anilines is 1. The van der Waals surface area contributed by atoms with Crippen molar-refractivity contribution in [3.05, 3.63) is 53.2 Å². The molecule has 1 fully saturated rings. The van der Waals surface area contributed by atoms with Crippen LogP contribution in [0.2, 0.25) is 0 Å². The number of hydrogen-bond acceptors (Lipinski definition) is 4. The van der Waals surface area contributed by atoms with Gasteiger partial charge in [-0.25, -0.2) is 4.98 Å². The highest BCUT2D eigenvalue weighted by molar-refractivity contribution is 5.79. The van der Waals surface area contributed by atoms with Gasteiger partial charge >= 0.3 is 0 Å². The van der Waals surface area contributed by atoms with Crippen LogP contribution >= 0.6 is 0 Å². The minimum absolute atomic E-state index is 0.188. The van der Waals surface area contributed by atoms with Crippen LogP contribution in [-0.2, 0) is 11.2 Å². The maximum Gasteiger partial charge on any atom is 0.227 e. The van der Waals surface area contributed by atoms with Crippen LogP contribution in [0.25, 0.3) is 0 Å². The average molecular weight is 339 g/mol. The first-order valence-corrected chi connectivity index (χ1v) is 8.67. The lowest BCUT2D eigenvalue weighted by Crippen LogP contribution is -2.49. The molecule has 3 rings (SSSR count). The van der Waals surface area contributed by atoms with Crippen molar-refractivity contribution in [2.24, 2.45) is 0 Å². The van der Waals surface area contributed by atoms with E-state index < -0.39 is 0 Å². The molecule has 1 aliphatic heterocycles. The summed E-state index contributed by atoms with van der Waals surface area (Å²) in [7, 11) is 1.67. The number of carbonyl (C=O) groups excluding carboxylic acids is 1. The van der Waals surface area contributed by atoms with Crippen LogP contribution in [0.4, 0.5) is 5.82 Å². The van der Waals surface area contributed by atoms with Crippen molar-refractivity contribution in [3.8, 4) is 5.75 Å². The molecular weight excluding hydrogens is 314 g/mol. The highest BCUT2D eigenvalue weighted by Gasteiger charge is 2.22. The van der Waals surface area contributed by atoms with E-state index >= 15 is 0 Å². The zero-order valence-electron chi connectivity index (χ0n) is 15.2. The van der Waals surface area contributed by atoms with Crippen LogP contribution in [-0.4, -0.2) is 49.1 Å². The number of piperazine rings is 1. The van der Waals surface area contributed by atoms with Crippen LogP contribution in [0.1, 0.15) is 16.7 Å². The van der Waals surface area contributed by atoms with Crippen molar-refractivity contribution in [1.29, 1.82) is 0 Å². The molecule has 0 spiro atoms. The van der Waals surface area contributed by atoms with E-state index in [9.17, 15) is 4.79 Å². The van der Waals surface area contributed by atoms with Crippen LogP contribution < -0.4 is 9.64 Å². The minimum atomic E-state index is 0.188. The lowest BCUT2D eigenvalue weighted by Gasteiger charge is -2.35. The molecule has 0 N–H and O–H groups in total. The lowest BCUT2D eigenvalue weighted by molar-refractivity contribution is -0.130. The number of carbonyl (C=O) groups is 1. The Hall–Kier alpha value is -2.56. The topological polar surface area (TPSA) is 45.7 Å². The number of amides is 1. The molecular formula is C20H25N3O2. The number of pyridine rings is 1. The van der Waals surface area contributed by atoms with Crippen LogP contribution in [0, 0.1) is 13.8 Å². The van der Waals surface area contributed by atoms with Crippen molar-refractivity contribution < 1.29 is 9.53 Å². The molecule has 1 aliphatic rings. The highest BCUT2D eigenvalue weighted by atomic mass is 16.5. The molecule has 1 amide bonds. The molecule has 0 saturated carbocycles. The zero-order chi connectivity index (χ0) is 17.8. The molecule has 5 nitrogen and oxygen atoms in total. The van der Waals surface area contributed by atoms with Crippen molar-refractivity contribution >= 4 is 11.7 Å². The minimum Gasteiger partial charge on any atom is -0.496 e. The van der Waals surface area contributed by atoms with E-state index in [0.29, 0.717) is 6.42 Å². The molecule has 0 radical (unpaired) electrons. The largest absolute Gasteiger partial charge is 0.496 e. The van der Waals surface area contributed by atoms with Crippen LogP contribution in [0.5, 0.6) is 5.75 Å². The Kier molecular flexibility index (Phi) is 5.22. The first-order chi connectivity index (χ1) is 12.1. The summed E-state index contributed by atoms with van der Waals surface area (Å²) in [5, 5.41) is 0. The summed E-state index contributed by atoms with van der Waals surface area (Å²) in [4.78, 5) is 21.3. The first kappa shape index (κ1) is 17.3. The van der Waals surface area contributed by atoms with E-state index in [0.717, 1.165) is 54.4 Å². The zero-order valence-corrected chi connectivity index (χ0v) is 15.2. The number of aromatic nitrogens is 1. The number of nitrogens with zero attached hydrogens (tertiary/aromatic N) is 3. The number of ether oxygens (including phenoxy) is 1. The normalized spacial score (nSPS) is 14.5. The molecule has 2 heterocycles. The van der Waals surface area contributed by atoms with Gasteiger partial charge in [-0.2, -0.15) is 0 Å². The fraction of sp³-hybridized carbons (Fsp3) is 0.400. The molecule has 1 aromatic carbocycles. The smallest absolute Gasteiger partial charge is 0.227 e. The third kappa shape index (κ3) is 3.76. The number of benzene rings is 1. The summed E-state index contributed by atoms with van der Waals surface area (Å²) in [5.74, 6) is 2.04. The van der Waals surface area contributed by atoms with E-state index in [1.165, 1.54) is 0 Å². The van der Waals surface area contributed by atoms with E-state index in [4.69, 9.17) is 4.74 Å². The Morgan fingerprint density at radius 2 is 1.84 bits per heavy atom. The number of methoxy groups -OCH3 is 1. The predicted molar refractivity (Wildman–Crippen MR) is 99.2 cm³/mol. The molecule has 25 heavy (non-hydrogen) atoms. The molecule has 5 heteroatoms. The second kappa shape index (κ2) is 7.55. The SMILES string of the molecule is COc1ccc(CC(=O)N2CCN(c3ccccn3)CC2)c(C)c1C. The summed E-state index contributed by atoms with van der Waals surface area (Å²) < 4.78 is 5.35. The number of rotatable bonds is 4. The number of hydrogen-bond donors (Lipinski definition) is 0. The van der Waals surface area contributed by atoms with Crippen molar-refractivity contribution in [2.45, 2.75) is 20.3 Å². The molecule has 0 bridgehead atoms. The molecule has 2 aromatic rings. The summed E-state index contributed by atoms with van der Waals surface area (Å²) in [6, 6.07) is 9.88. The molecule has 0 unspecified atom stereocenters. The third-order valence-electron chi connectivity index (χ3n) is 5.02. The fourth-order valence-corrected chi connectivity index (χ4v) is 3.27. The first-order valence-electron chi connectivity index (χ1n) is 8.67. The maximum atomic E-state index is 12.7. The highest BCUT2D eigenvalue weighted by Crippen LogP contribution is 2.24. The lowest BCUT2D eigenvalue weighted by atomic mass is 9.99. The van der Waals surface area contributed by atoms with Gasteiger partial charge in [-0.05, 0) is 48.7 Å². The Labute approximate surface area is 149 Å². The molecule has 1 aromatic heterocycles. The van der Waals surface area contributed by atoms with Crippen molar-refractivity contribution in [3.63, 3.8) is 0 Å². The van der Waals surface area contributed by atoms with Gasteiger partial charge in [-0.1, -0.05) is 12.1 Å². The quantitative estimate of drug-likeness (QED) is 0.859. The standard InChI is InChI=1S/C20H25N3O2/c1-15-16(2)18(25-3)8-7-17(15)14-20(24)23-12-10-22(11-13-23)19-6-4-5-9-21-19/h4-9H,10-14H2,1-3H3. The second-order valence-electron chi connectivity index (χ2n) is 6.41. The van der Waals surface area contributed by atoms with Gasteiger partial charge in [-0.15, -0.1) is 0 Å². The fourth-order valence-electron chi connectivity index (χ4n) is 3.27. The Balaban J connectivity index is 1.61. The Morgan fingerprint density at radius 1 is 1.08 bits per heavy atom. The van der Waals surface area contributed by atoms with E-state index in [1.807, 2.05) is 48.4 Å². The van der Waals surface area contributed by atoms with E-state index in [1.54, 1.807) is 7.11 Å². The monoisotopic (exact) mass is 339 g/mol. The van der Waals surface area contributed by atoms with Gasteiger partial charge in [0.05, 0.1) is 13.5 Å². The van der Waals surface area contributed by atoms with Gasteiger partial charge < -0.3 is 14.5 Å². The average Bonchev–Trinajstić information content (AvgIpc) is 2.66. The van der Waals surface area contributed by atoms with Gasteiger partial charge in [0.2, 0.25) is 5.91 Å². The van der Waals surface area contributed by atoms with Gasteiger partial charge in [0.1, 0.15) is 11.6 Å². The van der Waals surface area contributed by atoms with Gasteiger partial charge in [-0.3, -0.25) is 4.79 Å². The van der Waals surface area contributed by atoms with Gasteiger partial charge in [0.25, 0.3) is 0 Å². The van der Waals surface area contributed by atoms with Gasteiger partial charge in [0.15, 0.2) is 0 Å². The van der Waals surface area contributed by atoms with Crippen molar-refractivity contribution in [1.82, 2.24) is 9.88 Å². The Bertz CT molecular complexity index is 738. The molecule has 1 saturated heterocycles. The predicted octanol–water partition coefficient (Wildman–Crippen LogP) is 2.60.